The topological polar surface area (TPSA) is 79.0 Å². The number of pyridine rings is 1. The van der Waals surface area contributed by atoms with E-state index >= 15 is 0 Å². The van der Waals surface area contributed by atoms with Gasteiger partial charge in [-0.15, -0.1) is 0 Å². The van der Waals surface area contributed by atoms with Crippen molar-refractivity contribution in [2.75, 3.05) is 12.0 Å². The van der Waals surface area contributed by atoms with Crippen LogP contribution in [0.4, 0.5) is 0 Å². The first-order chi connectivity index (χ1) is 8.31. The fourth-order valence-electron chi connectivity index (χ4n) is 1.46. The summed E-state index contributed by atoms with van der Waals surface area (Å²) in [6, 6.07) is 1.24. The van der Waals surface area contributed by atoms with Gasteiger partial charge >= 0.3 is 0 Å². The van der Waals surface area contributed by atoms with Gasteiger partial charge in [0.05, 0.1) is 0 Å². The average Bonchev–Trinajstić information content (AvgIpc) is 2.21. The number of carbonyl (C=O) groups excluding carboxylic acids is 1. The number of halogens is 1. The molecule has 0 radical (unpaired) electrons. The van der Waals surface area contributed by atoms with Crippen LogP contribution in [-0.4, -0.2) is 33.2 Å². The molecule has 7 heteroatoms. The highest BCUT2D eigenvalue weighted by atomic mass is 79.9. The number of aryl methyl sites for hydroxylation is 1. The predicted molar refractivity (Wildman–Crippen MR) is 75.4 cm³/mol. The van der Waals surface area contributed by atoms with Gasteiger partial charge in [-0.3, -0.25) is 13.8 Å². The Bertz CT molecular complexity index is 542. The SMILES string of the molecule is Cc1[nH]c(=O)c(C(=O)N[C@@H](C)C[S@@](C)=O)cc1Br. The molecule has 1 aromatic heterocycles. The summed E-state index contributed by atoms with van der Waals surface area (Å²) in [7, 11) is -0.992. The molecule has 0 aromatic carbocycles. The maximum atomic E-state index is 11.9. The minimum Gasteiger partial charge on any atom is -0.348 e. The first-order valence-corrected chi connectivity index (χ1v) is 7.83. The van der Waals surface area contributed by atoms with E-state index in [1.807, 2.05) is 0 Å². The molecule has 0 fully saturated rings. The summed E-state index contributed by atoms with van der Waals surface area (Å²) < 4.78 is 11.7. The van der Waals surface area contributed by atoms with Crippen LogP contribution in [0, 0.1) is 6.92 Å². The van der Waals surface area contributed by atoms with Crippen LogP contribution in [0.1, 0.15) is 23.0 Å². The van der Waals surface area contributed by atoms with E-state index in [4.69, 9.17) is 0 Å². The molecule has 100 valence electrons. The van der Waals surface area contributed by atoms with Crippen LogP contribution in [0.2, 0.25) is 0 Å². The lowest BCUT2D eigenvalue weighted by Gasteiger charge is -2.12. The van der Waals surface area contributed by atoms with Crippen molar-refractivity contribution in [1.29, 1.82) is 0 Å². The molecule has 0 spiro atoms. The van der Waals surface area contributed by atoms with Crippen molar-refractivity contribution >= 4 is 32.6 Å². The van der Waals surface area contributed by atoms with Crippen LogP contribution in [-0.2, 0) is 10.8 Å². The standard InChI is InChI=1S/C11H15BrN2O3S/c1-6(5-18(3)17)13-10(15)8-4-9(12)7(2)14-11(8)16/h4,6H,5H2,1-3H3,(H,13,15)(H,14,16)/t6-,18+/m0/s1. The molecule has 1 amide bonds. The summed E-state index contributed by atoms with van der Waals surface area (Å²) in [5.74, 6) is -0.105. The Hall–Kier alpha value is -0.950. The molecule has 1 aromatic rings. The number of nitrogens with one attached hydrogen (secondary N) is 2. The van der Waals surface area contributed by atoms with Gasteiger partial charge in [0.25, 0.3) is 11.5 Å². The van der Waals surface area contributed by atoms with Gasteiger partial charge in [0, 0.05) is 39.0 Å². The van der Waals surface area contributed by atoms with Crippen LogP contribution >= 0.6 is 15.9 Å². The van der Waals surface area contributed by atoms with E-state index in [1.165, 1.54) is 6.07 Å². The zero-order chi connectivity index (χ0) is 13.9. The van der Waals surface area contributed by atoms with Crippen LogP contribution in [0.15, 0.2) is 15.3 Å². The second kappa shape index (κ2) is 6.29. The Kier molecular flexibility index (Phi) is 5.28. The fourth-order valence-corrected chi connectivity index (χ4v) is 2.58. The number of hydrogen-bond donors (Lipinski definition) is 2. The third kappa shape index (κ3) is 4.06. The molecule has 0 aliphatic carbocycles. The van der Waals surface area contributed by atoms with Crippen molar-refractivity contribution in [3.63, 3.8) is 0 Å². The first kappa shape index (κ1) is 15.1. The molecular formula is C11H15BrN2O3S. The molecule has 0 aliphatic heterocycles. The zero-order valence-electron chi connectivity index (χ0n) is 10.4. The molecule has 0 saturated carbocycles. The fraction of sp³-hybridized carbons (Fsp3) is 0.455. The summed E-state index contributed by atoms with van der Waals surface area (Å²) >= 11 is 3.26. The van der Waals surface area contributed by atoms with Crippen molar-refractivity contribution < 1.29 is 9.00 Å². The Balaban J connectivity index is 2.88. The second-order valence-corrected chi connectivity index (χ2v) is 6.43. The highest BCUT2D eigenvalue weighted by molar-refractivity contribution is 9.10. The normalized spacial score (nSPS) is 14.0. The van der Waals surface area contributed by atoms with Gasteiger partial charge in [-0.05, 0) is 35.8 Å². The molecule has 1 heterocycles. The van der Waals surface area contributed by atoms with Crippen molar-refractivity contribution in [1.82, 2.24) is 10.3 Å². The molecule has 1 rings (SSSR count). The minimum absolute atomic E-state index is 0.0428. The Labute approximate surface area is 116 Å². The summed E-state index contributed by atoms with van der Waals surface area (Å²) in [6.07, 6.45) is 1.57. The maximum Gasteiger partial charge on any atom is 0.261 e. The van der Waals surface area contributed by atoms with Crippen molar-refractivity contribution in [3.05, 3.63) is 32.2 Å². The van der Waals surface area contributed by atoms with Gasteiger partial charge in [0.2, 0.25) is 0 Å². The third-order valence-electron chi connectivity index (χ3n) is 2.28. The van der Waals surface area contributed by atoms with Gasteiger partial charge in [-0.1, -0.05) is 0 Å². The van der Waals surface area contributed by atoms with Gasteiger partial charge < -0.3 is 10.3 Å². The molecule has 0 saturated heterocycles. The summed E-state index contributed by atoms with van der Waals surface area (Å²) in [5.41, 5.74) is 0.276. The van der Waals surface area contributed by atoms with Crippen molar-refractivity contribution in [3.8, 4) is 0 Å². The van der Waals surface area contributed by atoms with E-state index in [9.17, 15) is 13.8 Å². The monoisotopic (exact) mass is 334 g/mol. The maximum absolute atomic E-state index is 11.9. The van der Waals surface area contributed by atoms with Crippen molar-refractivity contribution in [2.45, 2.75) is 19.9 Å². The third-order valence-corrected chi connectivity index (χ3v) is 4.07. The summed E-state index contributed by atoms with van der Waals surface area (Å²) in [5, 5.41) is 2.64. The van der Waals surface area contributed by atoms with Crippen LogP contribution in [0.5, 0.6) is 0 Å². The van der Waals surface area contributed by atoms with E-state index in [1.54, 1.807) is 20.1 Å². The molecule has 0 unspecified atom stereocenters. The number of amides is 1. The number of aromatic amines is 1. The highest BCUT2D eigenvalue weighted by Crippen LogP contribution is 2.12. The quantitative estimate of drug-likeness (QED) is 0.860. The van der Waals surface area contributed by atoms with Gasteiger partial charge in [-0.25, -0.2) is 0 Å². The number of aromatic nitrogens is 1. The smallest absolute Gasteiger partial charge is 0.261 e. The van der Waals surface area contributed by atoms with E-state index in [0.717, 1.165) is 0 Å². The number of hydrogen-bond acceptors (Lipinski definition) is 3. The van der Waals surface area contributed by atoms with E-state index < -0.39 is 22.3 Å². The lowest BCUT2D eigenvalue weighted by atomic mass is 10.2. The molecule has 2 N–H and O–H groups in total. The molecule has 5 nitrogen and oxygen atoms in total. The second-order valence-electron chi connectivity index (χ2n) is 4.10. The molecule has 0 aliphatic rings. The lowest BCUT2D eigenvalue weighted by molar-refractivity contribution is 0.0942. The Morgan fingerprint density at radius 3 is 2.78 bits per heavy atom. The molecule has 0 bridgehead atoms. The van der Waals surface area contributed by atoms with Crippen LogP contribution < -0.4 is 10.9 Å². The number of H-pyrrole nitrogens is 1. The number of carbonyl (C=O) groups is 1. The minimum atomic E-state index is -0.992. The number of rotatable bonds is 4. The summed E-state index contributed by atoms with van der Waals surface area (Å²) in [4.78, 5) is 26.1. The lowest BCUT2D eigenvalue weighted by Crippen LogP contribution is -2.38. The zero-order valence-corrected chi connectivity index (χ0v) is 12.8. The van der Waals surface area contributed by atoms with E-state index in [0.29, 0.717) is 15.9 Å². The molecule has 18 heavy (non-hydrogen) atoms. The van der Waals surface area contributed by atoms with Crippen LogP contribution in [0.3, 0.4) is 0 Å². The van der Waals surface area contributed by atoms with E-state index in [2.05, 4.69) is 26.2 Å². The first-order valence-electron chi connectivity index (χ1n) is 5.31. The largest absolute Gasteiger partial charge is 0.348 e. The predicted octanol–water partition coefficient (Wildman–Crippen LogP) is 0.943. The van der Waals surface area contributed by atoms with Gasteiger partial charge in [0.1, 0.15) is 5.56 Å². The van der Waals surface area contributed by atoms with Gasteiger partial charge in [-0.2, -0.15) is 0 Å². The Morgan fingerprint density at radius 2 is 2.22 bits per heavy atom. The van der Waals surface area contributed by atoms with Crippen molar-refractivity contribution in [2.24, 2.45) is 0 Å². The Morgan fingerprint density at radius 1 is 1.61 bits per heavy atom. The highest BCUT2D eigenvalue weighted by Gasteiger charge is 2.15. The van der Waals surface area contributed by atoms with Gasteiger partial charge in [0.15, 0.2) is 0 Å². The molecular weight excluding hydrogens is 320 g/mol. The summed E-state index contributed by atoms with van der Waals surface area (Å²) in [6.45, 7) is 3.48. The molecule has 2 atom stereocenters. The van der Waals surface area contributed by atoms with Crippen LogP contribution in [0.25, 0.3) is 0 Å². The van der Waals surface area contributed by atoms with E-state index in [-0.39, 0.29) is 11.6 Å². The average molecular weight is 335 g/mol.